The molecule has 0 fully saturated rings. The lowest BCUT2D eigenvalue weighted by atomic mass is 9.84. The second-order valence-corrected chi connectivity index (χ2v) is 11.7. The fraction of sp³-hybridized carbons (Fsp3) is 0.474. The number of unbranched alkanes of at least 4 members (excludes halogenated alkanes) is 4. The predicted molar refractivity (Wildman–Crippen MR) is 173 cm³/mol. The van der Waals surface area contributed by atoms with Gasteiger partial charge in [-0.2, -0.15) is 0 Å². The molecule has 1 aliphatic rings. The molecule has 4 nitrogen and oxygen atoms in total. The van der Waals surface area contributed by atoms with Crippen LogP contribution in [0.3, 0.4) is 0 Å². The van der Waals surface area contributed by atoms with Gasteiger partial charge in [0, 0.05) is 17.6 Å². The van der Waals surface area contributed by atoms with E-state index in [1.165, 1.54) is 44.1 Å². The van der Waals surface area contributed by atoms with E-state index in [2.05, 4.69) is 69.9 Å². The SMILES string of the molecule is C=C=C(Cc1ccc(C(=O)OC=O)cc1CC(CCCCC)CCCCC)/C(=C/C1=C(C)C(C)C=CC(C)=C1)C(C)=O. The van der Waals surface area contributed by atoms with Gasteiger partial charge in [-0.15, -0.1) is 5.73 Å². The second-order valence-electron chi connectivity index (χ2n) is 11.7. The molecule has 0 N–H and O–H groups in total. The Bertz CT molecular complexity index is 1270. The number of benzene rings is 1. The van der Waals surface area contributed by atoms with Crippen LogP contribution in [0, 0.1) is 11.8 Å². The van der Waals surface area contributed by atoms with Gasteiger partial charge in [-0.1, -0.05) is 114 Å². The van der Waals surface area contributed by atoms with E-state index < -0.39 is 5.97 Å². The molecule has 0 aliphatic heterocycles. The summed E-state index contributed by atoms with van der Waals surface area (Å²) in [6.45, 7) is 16.5. The summed E-state index contributed by atoms with van der Waals surface area (Å²) in [6.07, 6.45) is 19.1. The number of carbonyl (C=O) groups excluding carboxylic acids is 3. The van der Waals surface area contributed by atoms with E-state index in [-0.39, 0.29) is 18.2 Å². The van der Waals surface area contributed by atoms with E-state index in [0.717, 1.165) is 47.1 Å². The van der Waals surface area contributed by atoms with Crippen LogP contribution in [-0.4, -0.2) is 18.2 Å². The summed E-state index contributed by atoms with van der Waals surface area (Å²) in [6, 6.07) is 5.49. The van der Waals surface area contributed by atoms with Crippen LogP contribution >= 0.6 is 0 Å². The molecule has 1 aliphatic carbocycles. The summed E-state index contributed by atoms with van der Waals surface area (Å²) in [5, 5.41) is 0. The van der Waals surface area contributed by atoms with Gasteiger partial charge in [-0.25, -0.2) is 4.79 Å². The van der Waals surface area contributed by atoms with Crippen molar-refractivity contribution in [3.8, 4) is 0 Å². The number of carbonyl (C=O) groups is 3. The summed E-state index contributed by atoms with van der Waals surface area (Å²) < 4.78 is 4.66. The zero-order valence-electron chi connectivity index (χ0n) is 26.7. The molecule has 1 aromatic rings. The normalized spacial score (nSPS) is 15.3. The monoisotopic (exact) mass is 570 g/mol. The van der Waals surface area contributed by atoms with Crippen LogP contribution in [0.2, 0.25) is 0 Å². The quantitative estimate of drug-likeness (QED) is 0.0356. The minimum atomic E-state index is -0.657. The largest absolute Gasteiger partial charge is 0.392 e. The Morgan fingerprint density at radius 2 is 1.71 bits per heavy atom. The summed E-state index contributed by atoms with van der Waals surface area (Å²) in [4.78, 5) is 36.4. The van der Waals surface area contributed by atoms with Gasteiger partial charge in [0.25, 0.3) is 0 Å². The van der Waals surface area contributed by atoms with Crippen molar-refractivity contribution < 1.29 is 19.1 Å². The maximum atomic E-state index is 13.0. The number of allylic oxidation sites excluding steroid dienone is 9. The number of hydrogen-bond acceptors (Lipinski definition) is 4. The van der Waals surface area contributed by atoms with Crippen LogP contribution in [0.15, 0.2) is 82.7 Å². The van der Waals surface area contributed by atoms with Crippen molar-refractivity contribution in [2.24, 2.45) is 11.8 Å². The Hall–Kier alpha value is -3.49. The average Bonchev–Trinajstić information content (AvgIpc) is 3.08. The van der Waals surface area contributed by atoms with Crippen LogP contribution in [0.25, 0.3) is 0 Å². The predicted octanol–water partition coefficient (Wildman–Crippen LogP) is 9.56. The smallest absolute Gasteiger partial charge is 0.345 e. The first-order valence-corrected chi connectivity index (χ1v) is 15.6. The first-order chi connectivity index (χ1) is 20.1. The Balaban J connectivity index is 2.54. The Kier molecular flexibility index (Phi) is 15.0. The molecule has 4 heteroatoms. The molecule has 0 saturated carbocycles. The van der Waals surface area contributed by atoms with Gasteiger partial charge in [0.15, 0.2) is 5.78 Å². The molecule has 0 radical (unpaired) electrons. The average molecular weight is 571 g/mol. The third kappa shape index (κ3) is 10.7. The van der Waals surface area contributed by atoms with E-state index in [1.54, 1.807) is 13.0 Å². The van der Waals surface area contributed by atoms with E-state index in [0.29, 0.717) is 23.5 Å². The molecule has 0 saturated heterocycles. The van der Waals surface area contributed by atoms with Gasteiger partial charge < -0.3 is 4.74 Å². The molecular weight excluding hydrogens is 520 g/mol. The fourth-order valence-corrected chi connectivity index (χ4v) is 5.52. The van der Waals surface area contributed by atoms with Gasteiger partial charge in [-0.3, -0.25) is 9.59 Å². The Morgan fingerprint density at radius 1 is 1.05 bits per heavy atom. The van der Waals surface area contributed by atoms with Crippen LogP contribution in [-0.2, 0) is 27.2 Å². The number of Topliss-reactive ketones (excluding diaryl/α,β-unsaturated/α-hetero) is 1. The third-order valence-corrected chi connectivity index (χ3v) is 8.29. The molecule has 0 amide bonds. The van der Waals surface area contributed by atoms with Gasteiger partial charge in [0.05, 0.1) is 5.56 Å². The van der Waals surface area contributed by atoms with Gasteiger partial charge in [0.2, 0.25) is 0 Å². The highest BCUT2D eigenvalue weighted by Gasteiger charge is 2.19. The maximum Gasteiger partial charge on any atom is 0.345 e. The number of rotatable bonds is 17. The molecular formula is C38H50O4. The highest BCUT2D eigenvalue weighted by molar-refractivity contribution is 5.98. The van der Waals surface area contributed by atoms with E-state index in [4.69, 9.17) is 0 Å². The summed E-state index contributed by atoms with van der Waals surface area (Å²) in [5.74, 6) is 0.0499. The minimum Gasteiger partial charge on any atom is -0.392 e. The van der Waals surface area contributed by atoms with E-state index in [9.17, 15) is 14.4 Å². The number of ketones is 1. The number of esters is 1. The van der Waals surface area contributed by atoms with Gasteiger partial charge in [-0.05, 0) is 73.9 Å². The van der Waals surface area contributed by atoms with Crippen LogP contribution in [0.5, 0.6) is 0 Å². The van der Waals surface area contributed by atoms with Crippen molar-refractivity contribution >= 4 is 18.2 Å². The Labute approximate surface area is 254 Å². The topological polar surface area (TPSA) is 60.4 Å². The summed E-state index contributed by atoms with van der Waals surface area (Å²) >= 11 is 0. The molecule has 1 unspecified atom stereocenters. The molecule has 0 heterocycles. The molecule has 2 rings (SSSR count). The van der Waals surface area contributed by atoms with Crippen molar-refractivity contribution in [2.75, 3.05) is 0 Å². The lowest BCUT2D eigenvalue weighted by molar-refractivity contribution is -0.124. The van der Waals surface area contributed by atoms with Gasteiger partial charge >= 0.3 is 12.4 Å². The number of hydrogen-bond donors (Lipinski definition) is 0. The minimum absolute atomic E-state index is 0.0397. The lowest BCUT2D eigenvalue weighted by Gasteiger charge is -2.20. The molecule has 0 bridgehead atoms. The molecule has 1 atom stereocenters. The van der Waals surface area contributed by atoms with Gasteiger partial charge in [0.1, 0.15) is 0 Å². The first-order valence-electron chi connectivity index (χ1n) is 15.6. The van der Waals surface area contributed by atoms with Crippen molar-refractivity contribution in [3.05, 3.63) is 99.4 Å². The number of ether oxygens (including phenoxy) is 1. The third-order valence-electron chi connectivity index (χ3n) is 8.29. The first kappa shape index (κ1) is 34.7. The standard InChI is InChI=1S/C38H50O4/c1-8-11-13-15-31(16-14-12-9-2)22-36-24-34(38(41)42-26-39)20-19-33(36)23-32(10-3)37(30(7)40)25-35-21-27(4)17-18-28(5)29(35)6/h17-21,24-26,28,31H,3,8-9,11-16,22-23H2,1-2,4-7H3/b37-25+. The van der Waals surface area contributed by atoms with Crippen molar-refractivity contribution in [2.45, 2.75) is 106 Å². The highest BCUT2D eigenvalue weighted by atomic mass is 16.6. The van der Waals surface area contributed by atoms with E-state index in [1.807, 2.05) is 18.2 Å². The van der Waals surface area contributed by atoms with Crippen LogP contribution < -0.4 is 0 Å². The highest BCUT2D eigenvalue weighted by Crippen LogP contribution is 2.30. The fourth-order valence-electron chi connectivity index (χ4n) is 5.52. The van der Waals surface area contributed by atoms with Crippen molar-refractivity contribution in [1.29, 1.82) is 0 Å². The van der Waals surface area contributed by atoms with Crippen LogP contribution in [0.4, 0.5) is 0 Å². The molecule has 226 valence electrons. The molecule has 0 aromatic heterocycles. The summed E-state index contributed by atoms with van der Waals surface area (Å²) in [5.41, 5.74) is 10.2. The molecule has 0 spiro atoms. The summed E-state index contributed by atoms with van der Waals surface area (Å²) in [7, 11) is 0. The van der Waals surface area contributed by atoms with E-state index >= 15 is 0 Å². The second kappa shape index (κ2) is 18.1. The van der Waals surface area contributed by atoms with Crippen LogP contribution in [0.1, 0.15) is 114 Å². The lowest BCUT2D eigenvalue weighted by Crippen LogP contribution is -2.12. The zero-order chi connectivity index (χ0) is 31.1. The molecule has 1 aromatic carbocycles. The van der Waals surface area contributed by atoms with Crippen molar-refractivity contribution in [1.82, 2.24) is 0 Å². The van der Waals surface area contributed by atoms with Crippen molar-refractivity contribution in [3.63, 3.8) is 0 Å². The Morgan fingerprint density at radius 3 is 2.29 bits per heavy atom. The molecule has 42 heavy (non-hydrogen) atoms. The maximum absolute atomic E-state index is 13.0. The zero-order valence-corrected chi connectivity index (χ0v) is 26.7.